The number of aromatic nitrogens is 1. The maximum absolute atomic E-state index is 14.3. The molecule has 0 radical (unpaired) electrons. The molecule has 0 aliphatic carbocycles. The van der Waals surface area contributed by atoms with Gasteiger partial charge in [0.1, 0.15) is 23.0 Å². The predicted molar refractivity (Wildman–Crippen MR) is 126 cm³/mol. The number of benzene rings is 3. The molecule has 1 aromatic heterocycles. The first-order chi connectivity index (χ1) is 16.5. The van der Waals surface area contributed by atoms with Crippen molar-refractivity contribution < 1.29 is 23.0 Å². The van der Waals surface area contributed by atoms with E-state index in [9.17, 15) is 13.6 Å². The molecule has 0 unspecified atom stereocenters. The molecule has 6 nitrogen and oxygen atoms in total. The van der Waals surface area contributed by atoms with Crippen LogP contribution in [0.5, 0.6) is 11.5 Å². The van der Waals surface area contributed by atoms with E-state index in [4.69, 9.17) is 9.47 Å². The lowest BCUT2D eigenvalue weighted by molar-refractivity contribution is -0.118. The maximum Gasteiger partial charge on any atom is 0.262 e. The van der Waals surface area contributed by atoms with Gasteiger partial charge in [0.25, 0.3) is 5.91 Å². The highest BCUT2D eigenvalue weighted by Gasteiger charge is 2.18. The first-order valence-corrected chi connectivity index (χ1v) is 11.3. The van der Waals surface area contributed by atoms with Gasteiger partial charge >= 0.3 is 0 Å². The summed E-state index contributed by atoms with van der Waals surface area (Å²) in [5.41, 5.74) is 3.26. The van der Waals surface area contributed by atoms with Crippen molar-refractivity contribution >= 4 is 28.6 Å². The van der Waals surface area contributed by atoms with Gasteiger partial charge in [0, 0.05) is 17.0 Å². The van der Waals surface area contributed by atoms with Crippen LogP contribution in [0.2, 0.25) is 0 Å². The zero-order valence-electron chi connectivity index (χ0n) is 18.0. The summed E-state index contributed by atoms with van der Waals surface area (Å²) in [7, 11) is 1.60. The second kappa shape index (κ2) is 9.11. The first kappa shape index (κ1) is 21.8. The largest absolute Gasteiger partial charge is 0.497 e. The van der Waals surface area contributed by atoms with Gasteiger partial charge < -0.3 is 19.4 Å². The number of anilines is 1. The summed E-state index contributed by atoms with van der Waals surface area (Å²) in [6.45, 7) is 0.430. The van der Waals surface area contributed by atoms with Gasteiger partial charge in [0.15, 0.2) is 17.2 Å². The van der Waals surface area contributed by atoms with Crippen LogP contribution in [0.3, 0.4) is 0 Å². The van der Waals surface area contributed by atoms with Gasteiger partial charge in [0.05, 0.1) is 25.0 Å². The van der Waals surface area contributed by atoms with Gasteiger partial charge in [-0.15, -0.1) is 11.3 Å². The Morgan fingerprint density at radius 3 is 2.71 bits per heavy atom. The number of hydrogen-bond acceptors (Lipinski definition) is 5. The second-order valence-corrected chi connectivity index (χ2v) is 8.43. The highest BCUT2D eigenvalue weighted by molar-refractivity contribution is 7.07. The summed E-state index contributed by atoms with van der Waals surface area (Å²) < 4.78 is 40.4. The zero-order valence-corrected chi connectivity index (χ0v) is 18.9. The second-order valence-electron chi connectivity index (χ2n) is 7.59. The third-order valence-corrected chi connectivity index (χ3v) is 6.20. The van der Waals surface area contributed by atoms with E-state index in [-0.39, 0.29) is 18.2 Å². The number of fused-ring (bicyclic) bond motifs is 1. The maximum atomic E-state index is 14.3. The molecule has 0 spiro atoms. The number of carbonyl (C=O) groups is 1. The molecular weight excluding hydrogens is 460 g/mol. The molecule has 9 heteroatoms. The van der Waals surface area contributed by atoms with Gasteiger partial charge in [0.2, 0.25) is 0 Å². The lowest BCUT2D eigenvalue weighted by atomic mass is 10.1. The minimum absolute atomic E-state index is 0.0193. The van der Waals surface area contributed by atoms with Gasteiger partial charge in [-0.2, -0.15) is 0 Å². The summed E-state index contributed by atoms with van der Waals surface area (Å²) in [4.78, 5) is 16.8. The summed E-state index contributed by atoms with van der Waals surface area (Å²) in [5.74, 6) is -0.280. The van der Waals surface area contributed by atoms with E-state index >= 15 is 0 Å². The van der Waals surface area contributed by atoms with E-state index < -0.39 is 11.6 Å². The van der Waals surface area contributed by atoms with Crippen LogP contribution in [0, 0.1) is 11.6 Å². The quantitative estimate of drug-likeness (QED) is 0.432. The smallest absolute Gasteiger partial charge is 0.262 e. The Morgan fingerprint density at radius 1 is 1.12 bits per heavy atom. The lowest BCUT2D eigenvalue weighted by Crippen LogP contribution is -2.25. The Bertz CT molecular complexity index is 1440. The molecule has 0 fully saturated rings. The zero-order chi connectivity index (χ0) is 23.7. The fraction of sp³-hybridized carbons (Fsp3) is 0.120. The topological polar surface area (TPSA) is 64.8 Å². The van der Waals surface area contributed by atoms with Crippen molar-refractivity contribution in [3.8, 4) is 22.8 Å². The van der Waals surface area contributed by atoms with Gasteiger partial charge in [-0.1, -0.05) is 12.1 Å². The molecule has 4 aromatic rings. The Kier molecular flexibility index (Phi) is 5.85. The summed E-state index contributed by atoms with van der Waals surface area (Å²) >= 11 is 1.34. The van der Waals surface area contributed by atoms with Crippen molar-refractivity contribution in [1.29, 1.82) is 0 Å². The highest BCUT2D eigenvalue weighted by Crippen LogP contribution is 2.33. The monoisotopic (exact) mass is 479 g/mol. The van der Waals surface area contributed by atoms with Crippen molar-refractivity contribution in [3.05, 3.63) is 88.0 Å². The van der Waals surface area contributed by atoms with E-state index in [0.29, 0.717) is 22.8 Å². The Balaban J connectivity index is 1.62. The number of nitrogens with zero attached hydrogens (tertiary/aromatic N) is 2. The van der Waals surface area contributed by atoms with Crippen LogP contribution in [-0.4, -0.2) is 24.2 Å². The van der Waals surface area contributed by atoms with Gasteiger partial charge in [-0.25, -0.2) is 13.8 Å². The van der Waals surface area contributed by atoms with Crippen molar-refractivity contribution in [2.45, 2.75) is 6.54 Å². The molecule has 34 heavy (non-hydrogen) atoms. The standard InChI is InChI=1S/C25H19F2N3O3S/c1-32-18-6-2-15(3-7-18)12-30-22(16-4-9-23-21(10-16)28-24(31)13-33-23)14-34-25(30)29-20-8-5-17(26)11-19(20)27/h2-11,14H,12-13H2,1H3,(H,28,31). The fourth-order valence-electron chi connectivity index (χ4n) is 3.63. The van der Waals surface area contributed by atoms with Gasteiger partial charge in [-0.05, 0) is 48.0 Å². The van der Waals surface area contributed by atoms with Crippen molar-refractivity contribution in [3.63, 3.8) is 0 Å². The number of rotatable bonds is 5. The minimum Gasteiger partial charge on any atom is -0.497 e. The number of ether oxygens (including phenoxy) is 2. The SMILES string of the molecule is COc1ccc(Cn2c(-c3ccc4c(c3)NC(=O)CO4)csc2=Nc2ccc(F)cc2F)cc1. The number of hydrogen-bond donors (Lipinski definition) is 1. The van der Waals surface area contributed by atoms with E-state index in [1.54, 1.807) is 13.2 Å². The summed E-state index contributed by atoms with van der Waals surface area (Å²) in [6.07, 6.45) is 0. The van der Waals surface area contributed by atoms with Crippen LogP contribution in [0.4, 0.5) is 20.2 Å². The van der Waals surface area contributed by atoms with Crippen LogP contribution in [0.1, 0.15) is 5.56 Å². The summed E-state index contributed by atoms with van der Waals surface area (Å²) in [5, 5.41) is 4.73. The fourth-order valence-corrected chi connectivity index (χ4v) is 4.55. The van der Waals surface area contributed by atoms with Crippen LogP contribution >= 0.6 is 11.3 Å². The normalized spacial score (nSPS) is 13.3. The van der Waals surface area contributed by atoms with Crippen molar-refractivity contribution in [2.24, 2.45) is 4.99 Å². The molecular formula is C25H19F2N3O3S. The number of carbonyl (C=O) groups excluding carboxylic acids is 1. The molecule has 3 aromatic carbocycles. The molecule has 1 amide bonds. The Labute approximate surface area is 197 Å². The number of methoxy groups -OCH3 is 1. The van der Waals surface area contributed by atoms with Crippen molar-refractivity contribution in [2.75, 3.05) is 19.0 Å². The molecule has 1 aliphatic heterocycles. The average Bonchev–Trinajstić information content (AvgIpc) is 3.22. The van der Waals surface area contributed by atoms with Crippen LogP contribution in [0.25, 0.3) is 11.3 Å². The molecule has 5 rings (SSSR count). The first-order valence-electron chi connectivity index (χ1n) is 10.4. The Hall–Kier alpha value is -3.98. The number of amides is 1. The molecule has 0 atom stereocenters. The molecule has 1 aliphatic rings. The molecule has 1 N–H and O–H groups in total. The minimum atomic E-state index is -0.736. The van der Waals surface area contributed by atoms with Crippen LogP contribution in [-0.2, 0) is 11.3 Å². The lowest BCUT2D eigenvalue weighted by Gasteiger charge is -2.19. The molecule has 0 saturated carbocycles. The molecule has 172 valence electrons. The highest BCUT2D eigenvalue weighted by atomic mass is 32.1. The predicted octanol–water partition coefficient (Wildman–Crippen LogP) is 5.12. The molecule has 0 saturated heterocycles. The Morgan fingerprint density at radius 2 is 1.94 bits per heavy atom. The molecule has 0 bridgehead atoms. The number of nitrogens with one attached hydrogen (secondary N) is 1. The molecule has 2 heterocycles. The van der Waals surface area contributed by atoms with Crippen LogP contribution < -0.4 is 19.6 Å². The van der Waals surface area contributed by atoms with E-state index in [2.05, 4.69) is 10.3 Å². The number of halogens is 2. The summed E-state index contributed by atoms with van der Waals surface area (Å²) in [6, 6.07) is 16.4. The van der Waals surface area contributed by atoms with Crippen molar-refractivity contribution in [1.82, 2.24) is 4.57 Å². The van der Waals surface area contributed by atoms with E-state index in [1.807, 2.05) is 46.3 Å². The van der Waals surface area contributed by atoms with E-state index in [0.717, 1.165) is 28.6 Å². The third kappa shape index (κ3) is 4.42. The number of thiazole rings is 1. The van der Waals surface area contributed by atoms with E-state index in [1.165, 1.54) is 23.5 Å². The van der Waals surface area contributed by atoms with Crippen LogP contribution in [0.15, 0.2) is 71.0 Å². The van der Waals surface area contributed by atoms with Gasteiger partial charge in [-0.3, -0.25) is 4.79 Å². The third-order valence-electron chi connectivity index (χ3n) is 5.33. The average molecular weight is 480 g/mol.